The minimum Gasteiger partial charge on any atom is -0.508 e. The van der Waals surface area contributed by atoms with Crippen LogP contribution in [0.2, 0.25) is 0 Å². The molecule has 1 aliphatic rings. The summed E-state index contributed by atoms with van der Waals surface area (Å²) >= 11 is 0. The van der Waals surface area contributed by atoms with E-state index in [0.717, 1.165) is 61.0 Å². The van der Waals surface area contributed by atoms with Gasteiger partial charge in [0.1, 0.15) is 23.2 Å². The van der Waals surface area contributed by atoms with E-state index in [1.807, 2.05) is 32.9 Å². The van der Waals surface area contributed by atoms with E-state index in [4.69, 9.17) is 4.74 Å². The number of carbonyl (C=O) groups excluding carboxylic acids is 1. The fraction of sp³-hybridized carbons (Fsp3) is 0.519. The number of rotatable bonds is 9. The second-order valence-corrected chi connectivity index (χ2v) is 9.41. The Morgan fingerprint density at radius 3 is 2.58 bits per heavy atom. The van der Waals surface area contributed by atoms with Gasteiger partial charge in [-0.25, -0.2) is 0 Å². The summed E-state index contributed by atoms with van der Waals surface area (Å²) in [6, 6.07) is 3.57. The van der Waals surface area contributed by atoms with E-state index in [1.54, 1.807) is 13.0 Å². The number of ether oxygens (including phenoxy) is 1. The van der Waals surface area contributed by atoms with Crippen molar-refractivity contribution in [1.29, 1.82) is 0 Å². The highest BCUT2D eigenvalue weighted by molar-refractivity contribution is 5.95. The molecular formula is C27H38O4. The summed E-state index contributed by atoms with van der Waals surface area (Å²) in [6.45, 7) is 11.8. The lowest BCUT2D eigenvalue weighted by Gasteiger charge is -2.36. The molecule has 0 amide bonds. The fourth-order valence-electron chi connectivity index (χ4n) is 3.98. The van der Waals surface area contributed by atoms with Gasteiger partial charge in [0.25, 0.3) is 0 Å². The Balaban J connectivity index is 1.85. The topological polar surface area (TPSA) is 66.8 Å². The van der Waals surface area contributed by atoms with Crippen LogP contribution in [-0.2, 0) is 11.2 Å². The molecule has 0 fully saturated rings. The van der Waals surface area contributed by atoms with Gasteiger partial charge in [-0.15, -0.1) is 0 Å². The summed E-state index contributed by atoms with van der Waals surface area (Å²) in [4.78, 5) is 11.9. The number of aromatic hydroxyl groups is 1. The van der Waals surface area contributed by atoms with Crippen molar-refractivity contribution in [2.45, 2.75) is 91.8 Å². The van der Waals surface area contributed by atoms with E-state index >= 15 is 0 Å². The minimum absolute atomic E-state index is 0.197. The van der Waals surface area contributed by atoms with Crippen LogP contribution in [0, 0.1) is 6.92 Å². The predicted octanol–water partition coefficient (Wildman–Crippen LogP) is 6.13. The van der Waals surface area contributed by atoms with Crippen molar-refractivity contribution in [3.8, 4) is 11.5 Å². The molecule has 170 valence electrons. The lowest BCUT2D eigenvalue weighted by molar-refractivity contribution is -0.120. The van der Waals surface area contributed by atoms with Gasteiger partial charge in [-0.3, -0.25) is 4.79 Å². The molecule has 4 heteroatoms. The third-order valence-electron chi connectivity index (χ3n) is 5.91. The van der Waals surface area contributed by atoms with Crippen LogP contribution in [-0.4, -0.2) is 27.7 Å². The number of fused-ring (bicyclic) bond motifs is 1. The molecule has 2 N–H and O–H groups in total. The molecule has 0 saturated heterocycles. The quantitative estimate of drug-likeness (QED) is 0.368. The Hall–Kier alpha value is -2.33. The first kappa shape index (κ1) is 24.9. The second kappa shape index (κ2) is 10.8. The molecule has 1 aliphatic heterocycles. The van der Waals surface area contributed by atoms with Crippen LogP contribution in [0.4, 0.5) is 0 Å². The Kier molecular flexibility index (Phi) is 8.69. The Morgan fingerprint density at radius 1 is 1.19 bits per heavy atom. The van der Waals surface area contributed by atoms with E-state index in [0.29, 0.717) is 11.3 Å². The van der Waals surface area contributed by atoms with Gasteiger partial charge < -0.3 is 14.9 Å². The highest BCUT2D eigenvalue weighted by atomic mass is 16.5. The zero-order valence-corrected chi connectivity index (χ0v) is 19.9. The summed E-state index contributed by atoms with van der Waals surface area (Å²) < 4.78 is 6.36. The molecular weight excluding hydrogens is 388 g/mol. The number of aryl methyl sites for hydroxylation is 2. The van der Waals surface area contributed by atoms with E-state index < -0.39 is 6.10 Å². The molecule has 2 atom stereocenters. The van der Waals surface area contributed by atoms with Crippen molar-refractivity contribution in [3.63, 3.8) is 0 Å². The van der Waals surface area contributed by atoms with E-state index in [9.17, 15) is 15.0 Å². The standard InChI is InChI=1S/C27H38O4/c1-18(2)15-24(29)25(30)20(4)11-7-9-19(3)10-8-13-27(6)14-12-22-17-23(28)16-21(5)26(22)31-27/h10-11,15-17,25,28,30H,7-9,12-14H2,1-6H3/b19-10+,20-11+/t25-,27+/m0/s1. The smallest absolute Gasteiger partial charge is 0.188 e. The summed E-state index contributed by atoms with van der Waals surface area (Å²) in [5, 5.41) is 19.9. The van der Waals surface area contributed by atoms with E-state index in [2.05, 4.69) is 19.9 Å². The van der Waals surface area contributed by atoms with Crippen molar-refractivity contribution in [2.24, 2.45) is 0 Å². The summed E-state index contributed by atoms with van der Waals surface area (Å²) in [6.07, 6.45) is 10.1. The summed E-state index contributed by atoms with van der Waals surface area (Å²) in [5.74, 6) is 0.975. The predicted molar refractivity (Wildman–Crippen MR) is 127 cm³/mol. The third kappa shape index (κ3) is 7.39. The highest BCUT2D eigenvalue weighted by Crippen LogP contribution is 2.39. The number of hydrogen-bond acceptors (Lipinski definition) is 4. The molecule has 1 heterocycles. The van der Waals surface area contributed by atoms with Gasteiger partial charge in [0.15, 0.2) is 5.78 Å². The van der Waals surface area contributed by atoms with Crippen LogP contribution in [0.15, 0.2) is 47.1 Å². The molecule has 0 radical (unpaired) electrons. The van der Waals surface area contributed by atoms with Crippen molar-refractivity contribution >= 4 is 5.78 Å². The average molecular weight is 427 g/mol. The van der Waals surface area contributed by atoms with Gasteiger partial charge in [-0.2, -0.15) is 0 Å². The molecule has 0 aromatic heterocycles. The lowest BCUT2D eigenvalue weighted by atomic mass is 9.87. The number of phenols is 1. The van der Waals surface area contributed by atoms with Gasteiger partial charge >= 0.3 is 0 Å². The van der Waals surface area contributed by atoms with Gasteiger partial charge in [-0.05, 0) is 115 Å². The summed E-state index contributed by atoms with van der Waals surface area (Å²) in [5.41, 5.74) is 4.78. The molecule has 0 unspecified atom stereocenters. The highest BCUT2D eigenvalue weighted by Gasteiger charge is 2.32. The first-order chi connectivity index (χ1) is 14.5. The molecule has 0 spiro atoms. The number of carbonyl (C=O) groups is 1. The molecule has 0 saturated carbocycles. The van der Waals surface area contributed by atoms with Crippen LogP contribution in [0.5, 0.6) is 11.5 Å². The van der Waals surface area contributed by atoms with Gasteiger partial charge in [0, 0.05) is 0 Å². The number of benzene rings is 1. The fourth-order valence-corrected chi connectivity index (χ4v) is 3.98. The molecule has 2 rings (SSSR count). The largest absolute Gasteiger partial charge is 0.508 e. The van der Waals surface area contributed by atoms with Crippen molar-refractivity contribution in [1.82, 2.24) is 0 Å². The average Bonchev–Trinajstić information content (AvgIpc) is 2.67. The zero-order chi connectivity index (χ0) is 23.2. The van der Waals surface area contributed by atoms with Crippen LogP contribution in [0.3, 0.4) is 0 Å². The van der Waals surface area contributed by atoms with Crippen molar-refractivity contribution in [2.75, 3.05) is 0 Å². The third-order valence-corrected chi connectivity index (χ3v) is 5.91. The van der Waals surface area contributed by atoms with Gasteiger partial charge in [0.05, 0.1) is 0 Å². The lowest BCUT2D eigenvalue weighted by Crippen LogP contribution is -2.36. The SMILES string of the molecule is CC(C)=CC(=O)[C@@H](O)/C(C)=C/CC/C(C)=C/CC[C@]1(C)CCc2cc(O)cc(C)c2O1. The van der Waals surface area contributed by atoms with E-state index in [-0.39, 0.29) is 11.4 Å². The molecule has 0 bridgehead atoms. The Labute approximate surface area is 187 Å². The van der Waals surface area contributed by atoms with Gasteiger partial charge in [-0.1, -0.05) is 23.3 Å². The Morgan fingerprint density at radius 2 is 1.90 bits per heavy atom. The number of phenolic OH excluding ortho intramolecular Hbond substituents is 1. The first-order valence-electron chi connectivity index (χ1n) is 11.2. The van der Waals surface area contributed by atoms with Gasteiger partial charge in [0.2, 0.25) is 0 Å². The first-order valence-corrected chi connectivity index (χ1v) is 11.2. The molecule has 1 aromatic carbocycles. The Bertz CT molecular complexity index is 887. The molecule has 1 aromatic rings. The maximum atomic E-state index is 11.9. The minimum atomic E-state index is -1.05. The van der Waals surface area contributed by atoms with Crippen LogP contribution in [0.25, 0.3) is 0 Å². The molecule has 4 nitrogen and oxygen atoms in total. The van der Waals surface area contributed by atoms with Crippen molar-refractivity contribution < 1.29 is 19.7 Å². The number of allylic oxidation sites excluding steroid dienone is 4. The van der Waals surface area contributed by atoms with Crippen molar-refractivity contribution in [3.05, 3.63) is 58.2 Å². The van der Waals surface area contributed by atoms with Crippen LogP contribution < -0.4 is 4.74 Å². The second-order valence-electron chi connectivity index (χ2n) is 9.41. The van der Waals surface area contributed by atoms with Crippen LogP contribution >= 0.6 is 0 Å². The summed E-state index contributed by atoms with van der Waals surface area (Å²) in [7, 11) is 0. The number of ketones is 1. The molecule has 31 heavy (non-hydrogen) atoms. The number of aliphatic hydroxyl groups is 1. The number of aliphatic hydroxyl groups excluding tert-OH is 1. The maximum absolute atomic E-state index is 11.9. The zero-order valence-electron chi connectivity index (χ0n) is 19.9. The maximum Gasteiger partial charge on any atom is 0.188 e. The monoisotopic (exact) mass is 426 g/mol. The normalized spacial score (nSPS) is 20.0. The van der Waals surface area contributed by atoms with Crippen LogP contribution in [0.1, 0.15) is 77.8 Å². The van der Waals surface area contributed by atoms with E-state index in [1.165, 1.54) is 11.6 Å². The molecule has 0 aliphatic carbocycles. The number of hydrogen-bond donors (Lipinski definition) is 2.